The van der Waals surface area contributed by atoms with Gasteiger partial charge >= 0.3 is 0 Å². The second kappa shape index (κ2) is 10.4. The van der Waals surface area contributed by atoms with Crippen LogP contribution in [0.3, 0.4) is 0 Å². The zero-order valence-corrected chi connectivity index (χ0v) is 16.5. The molecule has 3 N–H and O–H groups in total. The predicted octanol–water partition coefficient (Wildman–Crippen LogP) is 3.08. The van der Waals surface area contributed by atoms with Gasteiger partial charge in [-0.15, -0.1) is 24.8 Å². The molecule has 0 bridgehead atoms. The Labute approximate surface area is 162 Å². The van der Waals surface area contributed by atoms with Gasteiger partial charge in [-0.05, 0) is 37.7 Å². The molecule has 1 amide bonds. The van der Waals surface area contributed by atoms with Crippen LogP contribution >= 0.6 is 24.8 Å². The Morgan fingerprint density at radius 3 is 2.24 bits per heavy atom. The van der Waals surface area contributed by atoms with Crippen molar-refractivity contribution in [2.45, 2.75) is 25.6 Å². The number of benzene rings is 2. The summed E-state index contributed by atoms with van der Waals surface area (Å²) in [6.45, 7) is 3.08. The van der Waals surface area contributed by atoms with Gasteiger partial charge in [0.15, 0.2) is 0 Å². The highest BCUT2D eigenvalue weighted by molar-refractivity contribution is 5.87. The molecule has 2 aromatic carbocycles. The number of halogens is 2. The second-order valence-electron chi connectivity index (χ2n) is 6.31. The van der Waals surface area contributed by atoms with E-state index < -0.39 is 5.54 Å². The molecule has 138 valence electrons. The highest BCUT2D eigenvalue weighted by atomic mass is 35.5. The van der Waals surface area contributed by atoms with Crippen molar-refractivity contribution in [2.75, 3.05) is 14.1 Å². The fourth-order valence-electron chi connectivity index (χ4n) is 2.48. The van der Waals surface area contributed by atoms with E-state index in [9.17, 15) is 4.79 Å². The predicted molar refractivity (Wildman–Crippen MR) is 108 cm³/mol. The first-order chi connectivity index (χ1) is 10.9. The first-order valence-electron chi connectivity index (χ1n) is 7.75. The van der Waals surface area contributed by atoms with Crippen LogP contribution in [0.5, 0.6) is 0 Å². The van der Waals surface area contributed by atoms with Gasteiger partial charge in [-0.2, -0.15) is 0 Å². The molecule has 0 aromatic heterocycles. The highest BCUT2D eigenvalue weighted by Gasteiger charge is 2.29. The second-order valence-corrected chi connectivity index (χ2v) is 6.31. The van der Waals surface area contributed by atoms with Crippen molar-refractivity contribution in [3.8, 4) is 0 Å². The molecule has 0 heterocycles. The molecule has 0 radical (unpaired) electrons. The van der Waals surface area contributed by atoms with E-state index in [0.717, 1.165) is 17.7 Å². The molecule has 4 nitrogen and oxygen atoms in total. The van der Waals surface area contributed by atoms with Crippen molar-refractivity contribution >= 4 is 30.7 Å². The maximum absolute atomic E-state index is 12.5. The summed E-state index contributed by atoms with van der Waals surface area (Å²) in [6, 6.07) is 17.6. The molecule has 0 aliphatic carbocycles. The number of hydrogen-bond acceptors (Lipinski definition) is 3. The standard InChI is InChI=1S/C19H25N3O.2ClH/c1-19(20,17-10-5-4-6-11-17)18(23)21-13-15-8-7-9-16(12-15)14-22(2)3;;/h4-12H,13-14,20H2,1-3H3,(H,21,23);2*1H. The highest BCUT2D eigenvalue weighted by Crippen LogP contribution is 2.17. The summed E-state index contributed by atoms with van der Waals surface area (Å²) in [5, 5.41) is 2.94. The van der Waals surface area contributed by atoms with Gasteiger partial charge in [0.05, 0.1) is 0 Å². The first-order valence-corrected chi connectivity index (χ1v) is 7.75. The van der Waals surface area contributed by atoms with Gasteiger partial charge in [0.2, 0.25) is 5.91 Å². The van der Waals surface area contributed by atoms with Crippen LogP contribution in [0.2, 0.25) is 0 Å². The molecular weight excluding hydrogens is 357 g/mol. The summed E-state index contributed by atoms with van der Waals surface area (Å²) in [5.41, 5.74) is 8.28. The van der Waals surface area contributed by atoms with E-state index in [0.29, 0.717) is 6.54 Å². The van der Waals surface area contributed by atoms with Crippen LogP contribution in [0, 0.1) is 0 Å². The van der Waals surface area contributed by atoms with Crippen LogP contribution in [0.25, 0.3) is 0 Å². The van der Waals surface area contributed by atoms with Crippen LogP contribution in [0.1, 0.15) is 23.6 Å². The van der Waals surface area contributed by atoms with Crippen molar-refractivity contribution in [1.82, 2.24) is 10.2 Å². The number of carbonyl (C=O) groups is 1. The number of carbonyl (C=O) groups excluding carboxylic acids is 1. The van der Waals surface area contributed by atoms with Gasteiger partial charge < -0.3 is 16.0 Å². The molecule has 0 saturated heterocycles. The average Bonchev–Trinajstić information content (AvgIpc) is 2.53. The molecule has 1 unspecified atom stereocenters. The lowest BCUT2D eigenvalue weighted by Gasteiger charge is -2.24. The lowest BCUT2D eigenvalue weighted by atomic mass is 9.92. The minimum atomic E-state index is -1.04. The summed E-state index contributed by atoms with van der Waals surface area (Å²) < 4.78 is 0. The fourth-order valence-corrected chi connectivity index (χ4v) is 2.48. The van der Waals surface area contributed by atoms with Crippen molar-refractivity contribution < 1.29 is 4.79 Å². The van der Waals surface area contributed by atoms with E-state index >= 15 is 0 Å². The molecule has 0 fully saturated rings. The number of nitrogens with two attached hydrogens (primary N) is 1. The molecule has 0 spiro atoms. The van der Waals surface area contributed by atoms with Crippen LogP contribution in [0.15, 0.2) is 54.6 Å². The number of rotatable bonds is 6. The van der Waals surface area contributed by atoms with E-state index in [1.807, 2.05) is 56.6 Å². The third-order valence-corrected chi connectivity index (χ3v) is 3.79. The molecule has 0 aliphatic heterocycles. The van der Waals surface area contributed by atoms with Gasteiger partial charge in [-0.1, -0.05) is 54.6 Å². The Hall–Kier alpha value is -1.59. The number of hydrogen-bond donors (Lipinski definition) is 2. The van der Waals surface area contributed by atoms with Crippen LogP contribution in [0.4, 0.5) is 0 Å². The van der Waals surface area contributed by atoms with Crippen molar-refractivity contribution in [1.29, 1.82) is 0 Å². The summed E-state index contributed by atoms with van der Waals surface area (Å²) in [6.07, 6.45) is 0. The molecule has 6 heteroatoms. The van der Waals surface area contributed by atoms with E-state index in [2.05, 4.69) is 22.3 Å². The van der Waals surface area contributed by atoms with Gasteiger partial charge in [-0.25, -0.2) is 0 Å². The molecular formula is C19H27Cl2N3O. The Kier molecular flexibility index (Phi) is 9.75. The molecule has 0 aliphatic rings. The molecule has 25 heavy (non-hydrogen) atoms. The van der Waals surface area contributed by atoms with E-state index in [4.69, 9.17) is 5.73 Å². The maximum Gasteiger partial charge on any atom is 0.244 e. The molecule has 2 rings (SSSR count). The zero-order chi connectivity index (χ0) is 16.9. The number of nitrogens with one attached hydrogen (secondary N) is 1. The SMILES string of the molecule is CN(C)Cc1cccc(CNC(=O)C(C)(N)c2ccccc2)c1.Cl.Cl. The summed E-state index contributed by atoms with van der Waals surface area (Å²) in [7, 11) is 4.07. The van der Waals surface area contributed by atoms with Crippen molar-refractivity contribution in [3.05, 3.63) is 71.3 Å². The van der Waals surface area contributed by atoms with Gasteiger partial charge in [0.25, 0.3) is 0 Å². The molecule has 0 saturated carbocycles. The Balaban J connectivity index is 0.00000288. The number of nitrogens with zero attached hydrogens (tertiary/aromatic N) is 1. The minimum absolute atomic E-state index is 0. The average molecular weight is 384 g/mol. The van der Waals surface area contributed by atoms with Gasteiger partial charge in [0, 0.05) is 13.1 Å². The summed E-state index contributed by atoms with van der Waals surface area (Å²) in [5.74, 6) is -0.179. The van der Waals surface area contributed by atoms with E-state index in [1.165, 1.54) is 5.56 Å². The summed E-state index contributed by atoms with van der Waals surface area (Å²) >= 11 is 0. The Morgan fingerprint density at radius 1 is 1.04 bits per heavy atom. The van der Waals surface area contributed by atoms with Crippen LogP contribution < -0.4 is 11.1 Å². The zero-order valence-electron chi connectivity index (χ0n) is 14.9. The quantitative estimate of drug-likeness (QED) is 0.805. The smallest absolute Gasteiger partial charge is 0.244 e. The number of amides is 1. The third-order valence-electron chi connectivity index (χ3n) is 3.79. The lowest BCUT2D eigenvalue weighted by molar-refractivity contribution is -0.126. The lowest BCUT2D eigenvalue weighted by Crippen LogP contribution is -2.48. The topological polar surface area (TPSA) is 58.4 Å². The van der Waals surface area contributed by atoms with Gasteiger partial charge in [0.1, 0.15) is 5.54 Å². The first kappa shape index (κ1) is 23.4. The summed E-state index contributed by atoms with van der Waals surface area (Å²) in [4.78, 5) is 14.6. The van der Waals surface area contributed by atoms with Crippen molar-refractivity contribution in [2.24, 2.45) is 5.73 Å². The minimum Gasteiger partial charge on any atom is -0.350 e. The molecule has 2 aromatic rings. The maximum atomic E-state index is 12.5. The third kappa shape index (κ3) is 6.67. The van der Waals surface area contributed by atoms with Crippen molar-refractivity contribution in [3.63, 3.8) is 0 Å². The van der Waals surface area contributed by atoms with E-state index in [-0.39, 0.29) is 30.7 Å². The van der Waals surface area contributed by atoms with Crippen LogP contribution in [-0.2, 0) is 23.4 Å². The normalized spacial score (nSPS) is 12.5. The van der Waals surface area contributed by atoms with Gasteiger partial charge in [-0.3, -0.25) is 4.79 Å². The Morgan fingerprint density at radius 2 is 1.64 bits per heavy atom. The fraction of sp³-hybridized carbons (Fsp3) is 0.316. The van der Waals surface area contributed by atoms with E-state index in [1.54, 1.807) is 6.92 Å². The monoisotopic (exact) mass is 383 g/mol. The van der Waals surface area contributed by atoms with Crippen LogP contribution in [-0.4, -0.2) is 24.9 Å². The molecule has 1 atom stereocenters. The largest absolute Gasteiger partial charge is 0.350 e. The Bertz CT molecular complexity index is 661.